The topological polar surface area (TPSA) is 66.5 Å². The van der Waals surface area contributed by atoms with Gasteiger partial charge in [0.2, 0.25) is 11.8 Å². The van der Waals surface area contributed by atoms with Crippen molar-refractivity contribution in [2.24, 2.45) is 0 Å². The zero-order chi connectivity index (χ0) is 12.5. The van der Waals surface area contributed by atoms with E-state index in [1.165, 1.54) is 4.90 Å². The molecule has 2 atom stereocenters. The van der Waals surface area contributed by atoms with Crippen LogP contribution in [0.2, 0.25) is 0 Å². The van der Waals surface area contributed by atoms with E-state index in [0.29, 0.717) is 12.3 Å². The van der Waals surface area contributed by atoms with Crippen LogP contribution in [0.5, 0.6) is 0 Å². The first-order valence-corrected chi connectivity index (χ1v) is 6.91. The van der Waals surface area contributed by atoms with E-state index in [1.54, 1.807) is 27.0 Å². The van der Waals surface area contributed by atoms with Gasteiger partial charge in [0.05, 0.1) is 0 Å². The number of carbonyl (C=O) groups excluding carboxylic acids is 2. The third-order valence-corrected chi connectivity index (χ3v) is 3.46. The lowest BCUT2D eigenvalue weighted by atomic mass is 9.97. The van der Waals surface area contributed by atoms with Gasteiger partial charge in [-0.1, -0.05) is 0 Å². The molecule has 0 aromatic rings. The molecule has 1 aliphatic heterocycles. The van der Waals surface area contributed by atoms with Crippen LogP contribution in [0.1, 0.15) is 20.8 Å². The number of hydrogen-bond donors (Lipinski definition) is 1. The van der Waals surface area contributed by atoms with Gasteiger partial charge in [0.1, 0.15) is 11.6 Å². The number of carbonyl (C=O) groups is 2. The first-order valence-electron chi connectivity index (χ1n) is 5.19. The number of piperazine rings is 1. The van der Waals surface area contributed by atoms with Crippen molar-refractivity contribution in [3.63, 3.8) is 0 Å². The molecule has 1 N–H and O–H groups in total. The van der Waals surface area contributed by atoms with E-state index in [4.69, 9.17) is 0 Å². The summed E-state index contributed by atoms with van der Waals surface area (Å²) >= 11 is 0. The maximum Gasteiger partial charge on any atom is 0.248 e. The van der Waals surface area contributed by atoms with Gasteiger partial charge in [-0.05, 0) is 20.8 Å². The van der Waals surface area contributed by atoms with Gasteiger partial charge in [0.15, 0.2) is 0 Å². The number of nitrogens with one attached hydrogen (secondary N) is 1. The summed E-state index contributed by atoms with van der Waals surface area (Å²) < 4.78 is 11.0. The Morgan fingerprint density at radius 1 is 1.44 bits per heavy atom. The summed E-state index contributed by atoms with van der Waals surface area (Å²) in [4.78, 5) is 25.2. The van der Waals surface area contributed by atoms with Crippen LogP contribution < -0.4 is 5.32 Å². The fourth-order valence-electron chi connectivity index (χ4n) is 1.66. The number of amides is 2. The van der Waals surface area contributed by atoms with Gasteiger partial charge in [-0.2, -0.15) is 0 Å². The Morgan fingerprint density at radius 3 is 2.50 bits per heavy atom. The molecule has 16 heavy (non-hydrogen) atoms. The quantitative estimate of drug-likeness (QED) is 0.729. The van der Waals surface area contributed by atoms with E-state index in [2.05, 4.69) is 5.32 Å². The maximum absolute atomic E-state index is 12.0. The molecular formula is C10H18N2O3S. The molecule has 92 valence electrons. The van der Waals surface area contributed by atoms with Gasteiger partial charge in [0.25, 0.3) is 0 Å². The summed E-state index contributed by atoms with van der Waals surface area (Å²) in [5.74, 6) is 0.121. The van der Waals surface area contributed by atoms with Crippen LogP contribution in [-0.4, -0.2) is 51.1 Å². The first kappa shape index (κ1) is 13.2. The molecule has 2 amide bonds. The van der Waals surface area contributed by atoms with Crippen molar-refractivity contribution in [2.75, 3.05) is 18.6 Å². The minimum atomic E-state index is -0.959. The Hall–Kier alpha value is -0.910. The van der Waals surface area contributed by atoms with Crippen molar-refractivity contribution in [1.29, 1.82) is 0 Å². The summed E-state index contributed by atoms with van der Waals surface area (Å²) in [5.41, 5.74) is -0.862. The summed E-state index contributed by atoms with van der Waals surface area (Å²) in [6.45, 7) is 5.39. The van der Waals surface area contributed by atoms with E-state index >= 15 is 0 Å². The zero-order valence-corrected chi connectivity index (χ0v) is 10.9. The second-order valence-electron chi connectivity index (χ2n) is 4.57. The van der Waals surface area contributed by atoms with E-state index in [0.717, 1.165) is 0 Å². The van der Waals surface area contributed by atoms with Crippen LogP contribution in [0.4, 0.5) is 0 Å². The Bertz CT molecular complexity index is 341. The van der Waals surface area contributed by atoms with Crippen LogP contribution in [0.25, 0.3) is 0 Å². The minimum absolute atomic E-state index is 0.120. The van der Waals surface area contributed by atoms with E-state index in [9.17, 15) is 13.8 Å². The molecule has 1 saturated heterocycles. The van der Waals surface area contributed by atoms with Gasteiger partial charge in [-0.3, -0.25) is 13.8 Å². The molecule has 1 fully saturated rings. The maximum atomic E-state index is 12.0. The largest absolute Gasteiger partial charge is 0.340 e. The van der Waals surface area contributed by atoms with Crippen molar-refractivity contribution < 1.29 is 13.8 Å². The molecule has 5 nitrogen and oxygen atoms in total. The SMILES string of the molecule is CC1C(=O)NC(C)(C)C(=O)N1CCS(C)=O. The lowest BCUT2D eigenvalue weighted by molar-refractivity contribution is -0.152. The van der Waals surface area contributed by atoms with Crippen molar-refractivity contribution in [2.45, 2.75) is 32.4 Å². The highest BCUT2D eigenvalue weighted by Gasteiger charge is 2.42. The molecule has 0 bridgehead atoms. The molecule has 1 heterocycles. The summed E-state index contributed by atoms with van der Waals surface area (Å²) in [6.07, 6.45) is 1.59. The molecule has 1 aliphatic rings. The second kappa shape index (κ2) is 4.53. The highest BCUT2D eigenvalue weighted by molar-refractivity contribution is 7.84. The highest BCUT2D eigenvalue weighted by atomic mass is 32.2. The van der Waals surface area contributed by atoms with Crippen molar-refractivity contribution in [1.82, 2.24) is 10.2 Å². The molecule has 0 aromatic heterocycles. The van der Waals surface area contributed by atoms with Crippen LogP contribution >= 0.6 is 0 Å². The fourth-order valence-corrected chi connectivity index (χ4v) is 2.12. The predicted molar refractivity (Wildman–Crippen MR) is 62.3 cm³/mol. The molecular weight excluding hydrogens is 228 g/mol. The second-order valence-corrected chi connectivity index (χ2v) is 6.12. The standard InChI is InChI=1S/C10H18N2O3S/c1-7-8(13)11-10(2,3)9(14)12(7)5-6-16(4)15/h7H,5-6H2,1-4H3,(H,11,13). The minimum Gasteiger partial charge on any atom is -0.340 e. The average molecular weight is 246 g/mol. The molecule has 0 saturated carbocycles. The van der Waals surface area contributed by atoms with E-state index < -0.39 is 22.4 Å². The van der Waals surface area contributed by atoms with Gasteiger partial charge in [-0.15, -0.1) is 0 Å². The number of hydrogen-bond acceptors (Lipinski definition) is 3. The smallest absolute Gasteiger partial charge is 0.248 e. The lowest BCUT2D eigenvalue weighted by Gasteiger charge is -2.41. The Morgan fingerprint density at radius 2 is 2.00 bits per heavy atom. The molecule has 0 spiro atoms. The van der Waals surface area contributed by atoms with Crippen LogP contribution in [0, 0.1) is 0 Å². The fraction of sp³-hybridized carbons (Fsp3) is 0.800. The van der Waals surface area contributed by atoms with Crippen molar-refractivity contribution >= 4 is 22.6 Å². The lowest BCUT2D eigenvalue weighted by Crippen LogP contribution is -2.67. The summed E-state index contributed by atoms with van der Waals surface area (Å²) in [5, 5.41) is 2.67. The first-order chi connectivity index (χ1) is 7.25. The van der Waals surface area contributed by atoms with E-state index in [1.807, 2.05) is 0 Å². The molecule has 1 rings (SSSR count). The van der Waals surface area contributed by atoms with Crippen molar-refractivity contribution in [3.05, 3.63) is 0 Å². The van der Waals surface area contributed by atoms with Gasteiger partial charge in [0, 0.05) is 29.4 Å². The molecule has 0 aliphatic carbocycles. The molecule has 0 aromatic carbocycles. The monoisotopic (exact) mass is 246 g/mol. The summed E-state index contributed by atoms with van der Waals surface area (Å²) in [6, 6.07) is -0.482. The molecule has 0 radical (unpaired) electrons. The van der Waals surface area contributed by atoms with Crippen LogP contribution in [0.3, 0.4) is 0 Å². The summed E-state index contributed by atoms with van der Waals surface area (Å²) in [7, 11) is -0.959. The van der Waals surface area contributed by atoms with Crippen molar-refractivity contribution in [3.8, 4) is 0 Å². The van der Waals surface area contributed by atoms with Gasteiger partial charge >= 0.3 is 0 Å². The Labute approximate surface area is 98.0 Å². The third kappa shape index (κ3) is 2.61. The third-order valence-electron chi connectivity index (χ3n) is 2.70. The molecule has 6 heteroatoms. The number of nitrogens with zero attached hydrogens (tertiary/aromatic N) is 1. The normalized spacial score (nSPS) is 26.5. The van der Waals surface area contributed by atoms with Crippen LogP contribution in [-0.2, 0) is 20.4 Å². The average Bonchev–Trinajstić information content (AvgIpc) is 2.14. The predicted octanol–water partition coefficient (Wildman–Crippen LogP) is -0.510. The van der Waals surface area contributed by atoms with Gasteiger partial charge in [-0.25, -0.2) is 0 Å². The molecule has 2 unspecified atom stereocenters. The zero-order valence-electron chi connectivity index (χ0n) is 10.1. The van der Waals surface area contributed by atoms with Gasteiger partial charge < -0.3 is 10.2 Å². The van der Waals surface area contributed by atoms with E-state index in [-0.39, 0.29) is 11.8 Å². The highest BCUT2D eigenvalue weighted by Crippen LogP contribution is 2.17. The Kier molecular flexibility index (Phi) is 3.72. The Balaban J connectivity index is 2.82. The van der Waals surface area contributed by atoms with Crippen LogP contribution in [0.15, 0.2) is 0 Å². The number of rotatable bonds is 3.